The molecule has 0 amide bonds. The van der Waals surface area contributed by atoms with Gasteiger partial charge in [0.25, 0.3) is 0 Å². The van der Waals surface area contributed by atoms with Gasteiger partial charge in [-0.05, 0) is 67.9 Å². The summed E-state index contributed by atoms with van der Waals surface area (Å²) in [5, 5.41) is 0. The van der Waals surface area contributed by atoms with Crippen molar-refractivity contribution in [2.24, 2.45) is 0 Å². The lowest BCUT2D eigenvalue weighted by Gasteiger charge is -2.28. The molecular weight excluding hydrogens is 358 g/mol. The van der Waals surface area contributed by atoms with Crippen molar-refractivity contribution in [3.63, 3.8) is 0 Å². The molecule has 1 aliphatic heterocycles. The van der Waals surface area contributed by atoms with E-state index in [1.54, 1.807) is 12.1 Å². The Kier molecular flexibility index (Phi) is 6.37. The fraction of sp³-hybridized carbons (Fsp3) is 0.429. The molecule has 3 rings (SSSR count). The highest BCUT2D eigenvalue weighted by molar-refractivity contribution is 5.30. The van der Waals surface area contributed by atoms with Crippen molar-refractivity contribution < 1.29 is 22.3 Å². The number of hydrogen-bond acceptors (Lipinski definition) is 2. The molecule has 0 spiro atoms. The Labute approximate surface area is 156 Å². The van der Waals surface area contributed by atoms with Crippen molar-refractivity contribution in [3.8, 4) is 5.75 Å². The zero-order valence-electron chi connectivity index (χ0n) is 15.0. The van der Waals surface area contributed by atoms with E-state index in [0.29, 0.717) is 12.2 Å². The van der Waals surface area contributed by atoms with Crippen LogP contribution in [0.15, 0.2) is 48.5 Å². The number of benzene rings is 2. The first-order chi connectivity index (χ1) is 12.9. The summed E-state index contributed by atoms with van der Waals surface area (Å²) in [4.78, 5) is 2.37. The van der Waals surface area contributed by atoms with Gasteiger partial charge in [0.15, 0.2) is 0 Å². The molecule has 1 fully saturated rings. The van der Waals surface area contributed by atoms with Crippen LogP contribution in [0, 0.1) is 5.82 Å². The first-order valence-electron chi connectivity index (χ1n) is 9.23. The van der Waals surface area contributed by atoms with Crippen LogP contribution in [0.25, 0.3) is 0 Å². The third-order valence-corrected chi connectivity index (χ3v) is 4.86. The summed E-state index contributed by atoms with van der Waals surface area (Å²) >= 11 is 0. The van der Waals surface area contributed by atoms with E-state index in [-0.39, 0.29) is 11.9 Å². The van der Waals surface area contributed by atoms with Crippen LogP contribution in [0.3, 0.4) is 0 Å². The first kappa shape index (κ1) is 19.7. The van der Waals surface area contributed by atoms with E-state index < -0.39 is 11.7 Å². The van der Waals surface area contributed by atoms with Crippen LogP contribution in [0.2, 0.25) is 0 Å². The van der Waals surface area contributed by atoms with Gasteiger partial charge >= 0.3 is 6.18 Å². The molecule has 0 N–H and O–H groups in total. The topological polar surface area (TPSA) is 12.5 Å². The van der Waals surface area contributed by atoms with Crippen LogP contribution in [-0.2, 0) is 6.18 Å². The molecular formula is C21H23F4NO. The maximum atomic E-state index is 13.3. The largest absolute Gasteiger partial charge is 0.486 e. The lowest BCUT2D eigenvalue weighted by atomic mass is 10.0. The molecule has 2 aromatic carbocycles. The molecule has 1 atom stereocenters. The summed E-state index contributed by atoms with van der Waals surface area (Å²) in [5.41, 5.74) is 0.106. The van der Waals surface area contributed by atoms with E-state index in [9.17, 15) is 17.6 Å². The van der Waals surface area contributed by atoms with E-state index in [4.69, 9.17) is 4.74 Å². The van der Waals surface area contributed by atoms with Crippen molar-refractivity contribution in [2.75, 3.05) is 19.6 Å². The Morgan fingerprint density at radius 1 is 0.889 bits per heavy atom. The second kappa shape index (κ2) is 8.74. The van der Waals surface area contributed by atoms with Crippen LogP contribution in [0.1, 0.15) is 42.9 Å². The predicted octanol–water partition coefficient (Wildman–Crippen LogP) is 5.84. The highest BCUT2D eigenvalue weighted by Gasteiger charge is 2.30. The monoisotopic (exact) mass is 381 g/mol. The number of piperidine rings is 1. The molecule has 0 aromatic heterocycles. The van der Waals surface area contributed by atoms with Gasteiger partial charge in [-0.15, -0.1) is 0 Å². The summed E-state index contributed by atoms with van der Waals surface area (Å²) in [5.74, 6) is 0.0408. The van der Waals surface area contributed by atoms with Crippen LogP contribution in [0.4, 0.5) is 17.6 Å². The Bertz CT molecular complexity index is 706. The quantitative estimate of drug-likeness (QED) is 0.583. The highest BCUT2D eigenvalue weighted by Crippen LogP contribution is 2.32. The third kappa shape index (κ3) is 5.70. The highest BCUT2D eigenvalue weighted by atomic mass is 19.4. The molecule has 1 saturated heterocycles. The van der Waals surface area contributed by atoms with Crippen molar-refractivity contribution >= 4 is 0 Å². The van der Waals surface area contributed by atoms with Gasteiger partial charge in [-0.3, -0.25) is 0 Å². The number of halogens is 4. The van der Waals surface area contributed by atoms with Gasteiger partial charge in [0.1, 0.15) is 17.7 Å². The van der Waals surface area contributed by atoms with Gasteiger partial charge in [0, 0.05) is 13.0 Å². The van der Waals surface area contributed by atoms with Crippen LogP contribution in [0.5, 0.6) is 5.75 Å². The first-order valence-corrected chi connectivity index (χ1v) is 9.23. The summed E-state index contributed by atoms with van der Waals surface area (Å²) < 4.78 is 57.4. The van der Waals surface area contributed by atoms with Crippen LogP contribution < -0.4 is 4.74 Å². The SMILES string of the molecule is Fc1ccc(C(CCN2CCCCC2)Oc2ccc(C(F)(F)F)cc2)cc1. The molecule has 6 heteroatoms. The van der Waals surface area contributed by atoms with Crippen molar-refractivity contribution in [3.05, 3.63) is 65.5 Å². The van der Waals surface area contributed by atoms with Crippen molar-refractivity contribution in [1.29, 1.82) is 0 Å². The lowest BCUT2D eigenvalue weighted by Crippen LogP contribution is -2.31. The second-order valence-corrected chi connectivity index (χ2v) is 6.87. The molecule has 27 heavy (non-hydrogen) atoms. The van der Waals surface area contributed by atoms with Gasteiger partial charge < -0.3 is 9.64 Å². The molecule has 1 aliphatic rings. The molecule has 1 unspecified atom stereocenters. The smallest absolute Gasteiger partial charge is 0.416 e. The summed E-state index contributed by atoms with van der Waals surface area (Å²) in [6.45, 7) is 2.94. The van der Waals surface area contributed by atoms with Crippen LogP contribution in [-0.4, -0.2) is 24.5 Å². The van der Waals surface area contributed by atoms with E-state index >= 15 is 0 Å². The minimum atomic E-state index is -4.37. The molecule has 2 aromatic rings. The predicted molar refractivity (Wildman–Crippen MR) is 96.1 cm³/mol. The minimum absolute atomic E-state index is 0.330. The molecule has 2 nitrogen and oxygen atoms in total. The summed E-state index contributed by atoms with van der Waals surface area (Å²) in [6.07, 6.45) is -0.415. The number of ether oxygens (including phenoxy) is 1. The maximum absolute atomic E-state index is 13.3. The Hall–Kier alpha value is -2.08. The number of rotatable bonds is 6. The van der Waals surface area contributed by atoms with Gasteiger partial charge in [-0.1, -0.05) is 18.6 Å². The van der Waals surface area contributed by atoms with E-state index in [1.165, 1.54) is 43.5 Å². The van der Waals surface area contributed by atoms with Crippen molar-refractivity contribution in [2.45, 2.75) is 38.0 Å². The number of alkyl halides is 3. The number of hydrogen-bond donors (Lipinski definition) is 0. The third-order valence-electron chi connectivity index (χ3n) is 4.86. The van der Waals surface area contributed by atoms with Gasteiger partial charge in [0.2, 0.25) is 0 Å². The summed E-state index contributed by atoms with van der Waals surface area (Å²) in [6, 6.07) is 10.8. The Morgan fingerprint density at radius 2 is 1.52 bits per heavy atom. The average molecular weight is 381 g/mol. The van der Waals surface area contributed by atoms with Gasteiger partial charge in [0.05, 0.1) is 5.56 Å². The zero-order valence-corrected chi connectivity index (χ0v) is 15.0. The van der Waals surface area contributed by atoms with Crippen LogP contribution >= 0.6 is 0 Å². The molecule has 0 saturated carbocycles. The fourth-order valence-electron chi connectivity index (χ4n) is 3.34. The van der Waals surface area contributed by atoms with E-state index in [0.717, 1.165) is 37.3 Å². The van der Waals surface area contributed by atoms with Crippen molar-refractivity contribution in [1.82, 2.24) is 4.90 Å². The summed E-state index contributed by atoms with van der Waals surface area (Å²) in [7, 11) is 0. The normalized spacial score (nSPS) is 16.9. The molecule has 0 radical (unpaired) electrons. The number of likely N-dealkylation sites (tertiary alicyclic amines) is 1. The van der Waals surface area contributed by atoms with Gasteiger partial charge in [-0.2, -0.15) is 13.2 Å². The lowest BCUT2D eigenvalue weighted by molar-refractivity contribution is -0.137. The van der Waals surface area contributed by atoms with E-state index in [1.807, 2.05) is 0 Å². The second-order valence-electron chi connectivity index (χ2n) is 6.87. The molecule has 146 valence electrons. The molecule has 0 aliphatic carbocycles. The number of nitrogens with zero attached hydrogens (tertiary/aromatic N) is 1. The average Bonchev–Trinajstić information content (AvgIpc) is 2.66. The molecule has 1 heterocycles. The molecule has 0 bridgehead atoms. The Morgan fingerprint density at radius 3 is 2.11 bits per heavy atom. The Balaban J connectivity index is 1.71. The fourth-order valence-corrected chi connectivity index (χ4v) is 3.34. The minimum Gasteiger partial charge on any atom is -0.486 e. The zero-order chi connectivity index (χ0) is 19.3. The van der Waals surface area contributed by atoms with Gasteiger partial charge in [-0.25, -0.2) is 4.39 Å². The standard InChI is InChI=1S/C21H23F4NO/c22-18-8-4-16(5-9-18)20(12-15-26-13-2-1-3-14-26)27-19-10-6-17(7-11-19)21(23,24)25/h4-11,20H,1-3,12-15H2. The van der Waals surface area contributed by atoms with E-state index in [2.05, 4.69) is 4.90 Å². The maximum Gasteiger partial charge on any atom is 0.416 e.